The fraction of sp³-hybridized carbons (Fsp3) is 0.417. The number of hydrogen-bond acceptors (Lipinski definition) is 4. The Morgan fingerprint density at radius 2 is 2.06 bits per heavy atom. The first-order chi connectivity index (χ1) is 8.22. The maximum atomic E-state index is 11.2. The molecule has 0 heterocycles. The normalized spacial score (nSPS) is 11.9. The van der Waals surface area contributed by atoms with E-state index >= 15 is 0 Å². The van der Waals surface area contributed by atoms with Gasteiger partial charge in [0.05, 0.1) is 12.7 Å². The van der Waals surface area contributed by atoms with Gasteiger partial charge in [0.1, 0.15) is 6.61 Å². The van der Waals surface area contributed by atoms with Crippen LogP contribution in [0.4, 0.5) is 4.79 Å². The van der Waals surface area contributed by atoms with Crippen LogP contribution in [0, 0.1) is 0 Å². The Hall–Kier alpha value is -1.59. The van der Waals surface area contributed by atoms with Crippen molar-refractivity contribution in [1.29, 1.82) is 0 Å². The Kier molecular flexibility index (Phi) is 6.06. The quantitative estimate of drug-likeness (QED) is 0.681. The summed E-state index contributed by atoms with van der Waals surface area (Å²) in [6.07, 6.45) is -1.03. The predicted octanol–water partition coefficient (Wildman–Crippen LogP) is 0.656. The van der Waals surface area contributed by atoms with Crippen LogP contribution in [0.25, 0.3) is 0 Å². The molecule has 1 amide bonds. The summed E-state index contributed by atoms with van der Waals surface area (Å²) >= 11 is 0. The van der Waals surface area contributed by atoms with Crippen LogP contribution < -0.4 is 5.32 Å². The van der Waals surface area contributed by atoms with Gasteiger partial charge in [-0.15, -0.1) is 0 Å². The van der Waals surface area contributed by atoms with E-state index in [-0.39, 0.29) is 19.8 Å². The largest absolute Gasteiger partial charge is 0.445 e. The van der Waals surface area contributed by atoms with Crippen molar-refractivity contribution in [2.75, 3.05) is 13.2 Å². The number of ether oxygens (including phenoxy) is 1. The van der Waals surface area contributed by atoms with E-state index < -0.39 is 12.2 Å². The van der Waals surface area contributed by atoms with Gasteiger partial charge in [0.15, 0.2) is 0 Å². The van der Waals surface area contributed by atoms with Gasteiger partial charge >= 0.3 is 6.09 Å². The zero-order chi connectivity index (χ0) is 12.5. The Morgan fingerprint density at radius 1 is 1.35 bits per heavy atom. The lowest BCUT2D eigenvalue weighted by atomic mass is 10.2. The summed E-state index contributed by atoms with van der Waals surface area (Å²) in [4.78, 5) is 11.2. The molecule has 0 saturated heterocycles. The molecule has 0 aromatic heterocycles. The minimum absolute atomic E-state index is 0.217. The zero-order valence-corrected chi connectivity index (χ0v) is 9.50. The Labute approximate surface area is 100 Å². The number of carbonyl (C=O) groups is 1. The van der Waals surface area contributed by atoms with Gasteiger partial charge in [-0.05, 0) is 12.0 Å². The summed E-state index contributed by atoms with van der Waals surface area (Å²) in [7, 11) is 0. The van der Waals surface area contributed by atoms with Gasteiger partial charge < -0.3 is 20.3 Å². The third-order valence-electron chi connectivity index (χ3n) is 2.17. The first-order valence-electron chi connectivity index (χ1n) is 5.46. The highest BCUT2D eigenvalue weighted by Gasteiger charge is 2.05. The number of carbonyl (C=O) groups excluding carboxylic acids is 1. The highest BCUT2D eigenvalue weighted by atomic mass is 16.5. The molecule has 0 radical (unpaired) electrons. The summed E-state index contributed by atoms with van der Waals surface area (Å²) in [5.74, 6) is 0. The summed E-state index contributed by atoms with van der Waals surface area (Å²) in [5.41, 5.74) is 0.915. The van der Waals surface area contributed by atoms with Gasteiger partial charge in [-0.1, -0.05) is 30.3 Å². The van der Waals surface area contributed by atoms with Crippen molar-refractivity contribution in [2.45, 2.75) is 19.1 Å². The molecule has 1 aromatic rings. The monoisotopic (exact) mass is 239 g/mol. The second-order valence-corrected chi connectivity index (χ2v) is 3.61. The van der Waals surface area contributed by atoms with E-state index in [1.54, 1.807) is 0 Å². The Balaban J connectivity index is 2.13. The van der Waals surface area contributed by atoms with Crippen molar-refractivity contribution < 1.29 is 19.7 Å². The molecule has 1 aromatic carbocycles. The molecule has 0 saturated carbocycles. The van der Waals surface area contributed by atoms with E-state index in [0.717, 1.165) is 5.56 Å². The SMILES string of the molecule is O=C(NCC[C@@H](O)CO)OCc1ccccc1. The van der Waals surface area contributed by atoms with Gasteiger partial charge in [0.25, 0.3) is 0 Å². The van der Waals surface area contributed by atoms with Crippen LogP contribution in [-0.4, -0.2) is 35.6 Å². The first-order valence-corrected chi connectivity index (χ1v) is 5.46. The van der Waals surface area contributed by atoms with Crippen LogP contribution in [0.1, 0.15) is 12.0 Å². The highest BCUT2D eigenvalue weighted by molar-refractivity contribution is 5.67. The second-order valence-electron chi connectivity index (χ2n) is 3.61. The molecule has 0 aliphatic rings. The number of hydrogen-bond donors (Lipinski definition) is 3. The molecule has 0 aliphatic carbocycles. The molecular weight excluding hydrogens is 222 g/mol. The van der Waals surface area contributed by atoms with Gasteiger partial charge in [0.2, 0.25) is 0 Å². The molecule has 0 aliphatic heterocycles. The third-order valence-corrected chi connectivity index (χ3v) is 2.17. The molecular formula is C12H17NO4. The molecule has 1 atom stereocenters. The predicted molar refractivity (Wildman–Crippen MR) is 62.3 cm³/mol. The van der Waals surface area contributed by atoms with Crippen molar-refractivity contribution in [3.63, 3.8) is 0 Å². The molecule has 1 rings (SSSR count). The van der Waals surface area contributed by atoms with Gasteiger partial charge in [0, 0.05) is 6.54 Å². The highest BCUT2D eigenvalue weighted by Crippen LogP contribution is 2.00. The standard InChI is InChI=1S/C12H17NO4/c14-8-11(15)6-7-13-12(16)17-9-10-4-2-1-3-5-10/h1-5,11,14-15H,6-9H2,(H,13,16)/t11-/m1/s1. The Bertz CT molecular complexity index is 329. The molecule has 0 unspecified atom stereocenters. The van der Waals surface area contributed by atoms with Crippen molar-refractivity contribution in [2.24, 2.45) is 0 Å². The minimum atomic E-state index is -0.801. The summed E-state index contributed by atoms with van der Waals surface area (Å²) in [6.45, 7) is 0.186. The number of aliphatic hydroxyl groups excluding tert-OH is 2. The maximum absolute atomic E-state index is 11.2. The van der Waals surface area contributed by atoms with Crippen molar-refractivity contribution in [3.8, 4) is 0 Å². The molecule has 5 nitrogen and oxygen atoms in total. The van der Waals surface area contributed by atoms with E-state index in [4.69, 9.17) is 14.9 Å². The third kappa shape index (κ3) is 5.89. The Morgan fingerprint density at radius 3 is 2.71 bits per heavy atom. The van der Waals surface area contributed by atoms with E-state index in [1.807, 2.05) is 30.3 Å². The maximum Gasteiger partial charge on any atom is 0.407 e. The number of alkyl carbamates (subject to hydrolysis) is 1. The van der Waals surface area contributed by atoms with Crippen LogP contribution in [0.15, 0.2) is 30.3 Å². The topological polar surface area (TPSA) is 78.8 Å². The molecule has 3 N–H and O–H groups in total. The van der Waals surface area contributed by atoms with E-state index in [2.05, 4.69) is 5.32 Å². The van der Waals surface area contributed by atoms with Crippen molar-refractivity contribution in [3.05, 3.63) is 35.9 Å². The smallest absolute Gasteiger partial charge is 0.407 e. The van der Waals surface area contributed by atoms with Crippen molar-refractivity contribution in [1.82, 2.24) is 5.32 Å². The average Bonchev–Trinajstić information content (AvgIpc) is 2.37. The first kappa shape index (κ1) is 13.5. The van der Waals surface area contributed by atoms with E-state index in [1.165, 1.54) is 0 Å². The lowest BCUT2D eigenvalue weighted by Gasteiger charge is -2.09. The number of nitrogens with one attached hydrogen (secondary N) is 1. The summed E-state index contributed by atoms with van der Waals surface area (Å²) < 4.78 is 4.95. The van der Waals surface area contributed by atoms with Gasteiger partial charge in [-0.25, -0.2) is 4.79 Å². The number of amides is 1. The molecule has 5 heteroatoms. The lowest BCUT2D eigenvalue weighted by molar-refractivity contribution is 0.0866. The van der Waals surface area contributed by atoms with Crippen LogP contribution in [0.5, 0.6) is 0 Å². The van der Waals surface area contributed by atoms with Crippen LogP contribution >= 0.6 is 0 Å². The number of rotatable bonds is 6. The summed E-state index contributed by atoms with van der Waals surface area (Å²) in [6, 6.07) is 9.36. The zero-order valence-electron chi connectivity index (χ0n) is 9.50. The summed E-state index contributed by atoms with van der Waals surface area (Å²) in [5, 5.41) is 20.1. The van der Waals surface area contributed by atoms with E-state index in [0.29, 0.717) is 6.42 Å². The molecule has 0 bridgehead atoms. The van der Waals surface area contributed by atoms with Gasteiger partial charge in [-0.3, -0.25) is 0 Å². The van der Waals surface area contributed by atoms with Crippen LogP contribution in [0.3, 0.4) is 0 Å². The average molecular weight is 239 g/mol. The molecule has 0 fully saturated rings. The van der Waals surface area contributed by atoms with Crippen molar-refractivity contribution >= 4 is 6.09 Å². The minimum Gasteiger partial charge on any atom is -0.445 e. The molecule has 94 valence electrons. The van der Waals surface area contributed by atoms with Crippen LogP contribution in [-0.2, 0) is 11.3 Å². The lowest BCUT2D eigenvalue weighted by Crippen LogP contribution is -2.28. The molecule has 17 heavy (non-hydrogen) atoms. The van der Waals surface area contributed by atoms with Gasteiger partial charge in [-0.2, -0.15) is 0 Å². The van der Waals surface area contributed by atoms with Crippen LogP contribution in [0.2, 0.25) is 0 Å². The number of aliphatic hydroxyl groups is 2. The number of benzene rings is 1. The molecule has 0 spiro atoms. The second kappa shape index (κ2) is 7.65. The fourth-order valence-corrected chi connectivity index (χ4v) is 1.21. The van der Waals surface area contributed by atoms with E-state index in [9.17, 15) is 4.79 Å². The fourth-order valence-electron chi connectivity index (χ4n) is 1.21.